The van der Waals surface area contributed by atoms with Gasteiger partial charge in [0.05, 0.1) is 61.3 Å². The number of aliphatic hydroxyl groups is 4. The molecule has 7 N–H and O–H groups in total. The highest BCUT2D eigenvalue weighted by Gasteiger charge is 2.56. The standard InChI is InChI=1S/C59H97N5O17/c1-15-46-59(10,73)50(67)37(6)63(13)31-33(2)29-57(8,72)51(80-55-49(66)44(62(11)12)27-34(3)77-55)35(4)47(36(5)54(70)79-46)45-30-58(9,74-14)52(38(7)78-45)81-56(71)61-21-16-23-75-25-26-76-24-22-60-39-17-20-43-41(28-39)48(65)42(53(68)69)32-64(43)40-18-19-40/h17,20,28,32-38,40,44-47,49-52,55,60,66-67,72-73H,15-16,18-19,21-27,29-31H2,1-14H3,(H,61,71)(H,68,69)/t33-,34-,35+,36-,37-,38+,44?,45?,46-,47+,49-,50-,51-,52+,55+,57-,58-,59-/m1/s1. The molecule has 2 unspecified atom stereocenters. The maximum Gasteiger partial charge on any atom is 0.407 e. The topological polar surface area (TPSA) is 279 Å². The van der Waals surface area contributed by atoms with Crippen LogP contribution in [0.25, 0.3) is 10.9 Å². The molecule has 2 aromatic rings. The van der Waals surface area contributed by atoms with Crippen LogP contribution in [0.1, 0.15) is 131 Å². The number of carboxylic acid groups (broad SMARTS) is 1. The van der Waals surface area contributed by atoms with E-state index in [1.807, 2.05) is 75.3 Å². The van der Waals surface area contributed by atoms with Gasteiger partial charge in [-0.2, -0.15) is 0 Å². The minimum absolute atomic E-state index is 0.120. The number of methoxy groups -OCH3 is 1. The molecular formula is C59H97N5O17. The zero-order chi connectivity index (χ0) is 59.9. The number of hydrogen-bond donors (Lipinski definition) is 7. The quantitative estimate of drug-likeness (QED) is 0.0693. The number of aromatic carboxylic acids is 1. The monoisotopic (exact) mass is 1150 g/mol. The first kappa shape index (κ1) is 66.1. The number of alkyl carbamates (subject to hydrolysis) is 1. The third-order valence-corrected chi connectivity index (χ3v) is 17.6. The molecule has 4 fully saturated rings. The van der Waals surface area contributed by atoms with Crippen LogP contribution in [0.3, 0.4) is 0 Å². The number of carbonyl (C=O) groups excluding carboxylic acids is 2. The van der Waals surface area contributed by atoms with Crippen LogP contribution in [0.4, 0.5) is 10.5 Å². The lowest BCUT2D eigenvalue weighted by Crippen LogP contribution is -2.62. The van der Waals surface area contributed by atoms with Crippen molar-refractivity contribution in [1.29, 1.82) is 0 Å². The number of carboxylic acids is 1. The molecule has 18 atom stereocenters. The van der Waals surface area contributed by atoms with Crippen molar-refractivity contribution < 1.29 is 77.8 Å². The highest BCUT2D eigenvalue weighted by molar-refractivity contribution is 5.93. The minimum atomic E-state index is -1.85. The van der Waals surface area contributed by atoms with Gasteiger partial charge in [-0.1, -0.05) is 27.7 Å². The van der Waals surface area contributed by atoms with E-state index in [0.717, 1.165) is 12.8 Å². The Morgan fingerprint density at radius 1 is 0.914 bits per heavy atom. The van der Waals surface area contributed by atoms with E-state index in [1.165, 1.54) is 20.2 Å². The van der Waals surface area contributed by atoms with Crippen molar-refractivity contribution in [2.75, 3.05) is 79.6 Å². The first-order valence-electron chi connectivity index (χ1n) is 29.2. The van der Waals surface area contributed by atoms with E-state index < -0.39 is 113 Å². The fraction of sp³-hybridized carbons (Fsp3) is 0.797. The number of nitrogens with one attached hydrogen (secondary N) is 2. The van der Waals surface area contributed by atoms with Crippen LogP contribution in [0, 0.1) is 23.7 Å². The number of amides is 1. The minimum Gasteiger partial charge on any atom is -0.477 e. The first-order chi connectivity index (χ1) is 38.1. The molecular weight excluding hydrogens is 1050 g/mol. The van der Waals surface area contributed by atoms with Crippen LogP contribution in [0.5, 0.6) is 0 Å². The summed E-state index contributed by atoms with van der Waals surface area (Å²) in [5.41, 5.74) is -3.98. The Bertz CT molecular complexity index is 2460. The van der Waals surface area contributed by atoms with E-state index in [4.69, 9.17) is 37.9 Å². The van der Waals surface area contributed by atoms with Crippen molar-refractivity contribution in [1.82, 2.24) is 19.7 Å². The molecule has 1 saturated carbocycles. The molecule has 81 heavy (non-hydrogen) atoms. The summed E-state index contributed by atoms with van der Waals surface area (Å²) in [6.45, 7) is 20.3. The van der Waals surface area contributed by atoms with Crippen LogP contribution < -0.4 is 16.1 Å². The number of cyclic esters (lactones) is 1. The fourth-order valence-corrected chi connectivity index (χ4v) is 12.9. The third-order valence-electron chi connectivity index (χ3n) is 17.6. The molecule has 4 aliphatic rings. The Morgan fingerprint density at radius 3 is 2.22 bits per heavy atom. The Kier molecular flexibility index (Phi) is 23.0. The number of rotatable bonds is 20. The zero-order valence-electron chi connectivity index (χ0n) is 50.4. The number of nitrogens with zero attached hydrogens (tertiary/aromatic N) is 3. The van der Waals surface area contributed by atoms with Crippen LogP contribution >= 0.6 is 0 Å². The fourth-order valence-electron chi connectivity index (χ4n) is 12.9. The largest absolute Gasteiger partial charge is 0.477 e. The van der Waals surface area contributed by atoms with Gasteiger partial charge < -0.3 is 88.4 Å². The average molecular weight is 1150 g/mol. The number of likely N-dealkylation sites (N-methyl/N-ethyl adjacent to an activating group) is 2. The molecule has 460 valence electrons. The summed E-state index contributed by atoms with van der Waals surface area (Å²) < 4.78 is 52.0. The van der Waals surface area contributed by atoms with Gasteiger partial charge in [-0.25, -0.2) is 9.59 Å². The summed E-state index contributed by atoms with van der Waals surface area (Å²) >= 11 is 0. The summed E-state index contributed by atoms with van der Waals surface area (Å²) in [7, 11) is 7.13. The van der Waals surface area contributed by atoms with E-state index in [-0.39, 0.29) is 55.5 Å². The maximum absolute atomic E-state index is 14.8. The van der Waals surface area contributed by atoms with Crippen LogP contribution in [0.15, 0.2) is 29.2 Å². The first-order valence-corrected chi connectivity index (χ1v) is 29.2. The molecule has 6 rings (SSSR count). The third kappa shape index (κ3) is 16.0. The second kappa shape index (κ2) is 28.2. The summed E-state index contributed by atoms with van der Waals surface area (Å²) in [6, 6.07) is 4.69. The molecule has 1 aliphatic carbocycles. The van der Waals surface area contributed by atoms with Crippen molar-refractivity contribution in [2.24, 2.45) is 23.7 Å². The summed E-state index contributed by atoms with van der Waals surface area (Å²) in [4.78, 5) is 56.8. The van der Waals surface area contributed by atoms with Crippen LogP contribution in [-0.2, 0) is 42.7 Å². The Hall–Kier alpha value is -4.04. The number of carbonyl (C=O) groups is 3. The van der Waals surface area contributed by atoms with Gasteiger partial charge in [0.1, 0.15) is 35.1 Å². The normalized spacial score (nSPS) is 36.8. The molecule has 1 aromatic carbocycles. The van der Waals surface area contributed by atoms with Crippen molar-refractivity contribution in [3.63, 3.8) is 0 Å². The van der Waals surface area contributed by atoms with Gasteiger partial charge in [-0.15, -0.1) is 0 Å². The van der Waals surface area contributed by atoms with Crippen LogP contribution in [0.2, 0.25) is 0 Å². The van der Waals surface area contributed by atoms with E-state index >= 15 is 0 Å². The predicted octanol–water partition coefficient (Wildman–Crippen LogP) is 4.79. The molecule has 22 heteroatoms. The Balaban J connectivity index is 1.08. The Labute approximate surface area is 478 Å². The molecule has 1 aromatic heterocycles. The summed E-state index contributed by atoms with van der Waals surface area (Å²) in [5, 5.41) is 64.4. The molecule has 22 nitrogen and oxygen atoms in total. The molecule has 4 heterocycles. The molecule has 0 bridgehead atoms. The number of fused-ring (bicyclic) bond motifs is 1. The second-order valence-corrected chi connectivity index (χ2v) is 24.6. The highest BCUT2D eigenvalue weighted by atomic mass is 16.7. The van der Waals surface area contributed by atoms with E-state index in [0.29, 0.717) is 68.9 Å². The lowest BCUT2D eigenvalue weighted by Gasteiger charge is -2.52. The van der Waals surface area contributed by atoms with Gasteiger partial charge >= 0.3 is 18.0 Å². The van der Waals surface area contributed by atoms with E-state index in [9.17, 15) is 44.7 Å². The Morgan fingerprint density at radius 2 is 1.59 bits per heavy atom. The van der Waals surface area contributed by atoms with Crippen molar-refractivity contribution in [3.8, 4) is 0 Å². The van der Waals surface area contributed by atoms with Crippen molar-refractivity contribution in [2.45, 2.75) is 204 Å². The van der Waals surface area contributed by atoms with Crippen molar-refractivity contribution >= 4 is 34.6 Å². The van der Waals surface area contributed by atoms with Crippen LogP contribution in [-0.4, -0.2) is 216 Å². The predicted molar refractivity (Wildman–Crippen MR) is 303 cm³/mol. The number of ether oxygens (including phenoxy) is 8. The lowest BCUT2D eigenvalue weighted by atomic mass is 9.68. The number of anilines is 1. The van der Waals surface area contributed by atoms with Gasteiger partial charge in [0.15, 0.2) is 12.4 Å². The molecule has 1 amide bonds. The highest BCUT2D eigenvalue weighted by Crippen LogP contribution is 2.46. The summed E-state index contributed by atoms with van der Waals surface area (Å²) in [5.74, 6) is -4.58. The SMILES string of the molecule is CC[C@H]1OC(=O)[C@H](C)[C@@H](C2C[C@@](C)(OC)[C@@H](OC(=O)NCCCOCCOCCNc3ccc4c(c3)c(=O)c(C(=O)O)cn4C3CC3)[C@H](C)O2)[C@H](C)[C@@H](O[C@@H]2O[C@H](C)CC(N(C)C)[C@H]2O)[C@](C)(O)C[C@@H](C)CN(C)[C@H](C)[C@@H](O)[C@]1(C)O. The number of pyridine rings is 1. The smallest absolute Gasteiger partial charge is 0.407 e. The van der Waals surface area contributed by atoms with E-state index in [1.54, 1.807) is 40.7 Å². The molecule has 3 saturated heterocycles. The second-order valence-electron chi connectivity index (χ2n) is 24.6. The van der Waals surface area contributed by atoms with E-state index in [2.05, 4.69) is 10.6 Å². The number of esters is 1. The average Bonchev–Trinajstić information content (AvgIpc) is 4.29. The van der Waals surface area contributed by atoms with Gasteiger partial charge in [0.25, 0.3) is 0 Å². The number of benzene rings is 1. The maximum atomic E-state index is 14.8. The van der Waals surface area contributed by atoms with Gasteiger partial charge in [0.2, 0.25) is 5.43 Å². The van der Waals surface area contributed by atoms with Gasteiger partial charge in [-0.05, 0) is 131 Å². The summed E-state index contributed by atoms with van der Waals surface area (Å²) in [6.07, 6.45) is -4.33. The number of aromatic nitrogens is 1. The van der Waals surface area contributed by atoms with Gasteiger partial charge in [0, 0.05) is 81.1 Å². The zero-order valence-corrected chi connectivity index (χ0v) is 50.4. The molecule has 3 aliphatic heterocycles. The lowest BCUT2D eigenvalue weighted by molar-refractivity contribution is -0.302. The molecule has 0 radical (unpaired) electrons. The number of aliphatic hydroxyl groups excluding tert-OH is 2. The molecule has 0 spiro atoms. The number of hydrogen-bond acceptors (Lipinski definition) is 19. The van der Waals surface area contributed by atoms with Crippen molar-refractivity contribution in [3.05, 3.63) is 40.2 Å². The van der Waals surface area contributed by atoms with Gasteiger partial charge in [-0.3, -0.25) is 9.59 Å².